The van der Waals surface area contributed by atoms with Crippen molar-refractivity contribution in [2.24, 2.45) is 0 Å². The molecule has 0 fully saturated rings. The van der Waals surface area contributed by atoms with Gasteiger partial charge in [0.25, 0.3) is 0 Å². The van der Waals surface area contributed by atoms with E-state index in [1.165, 1.54) is 33.4 Å². The quantitative estimate of drug-likeness (QED) is 0.215. The third kappa shape index (κ3) is 2.82. The lowest BCUT2D eigenvalue weighted by atomic mass is 9.69. The predicted molar refractivity (Wildman–Crippen MR) is 157 cm³/mol. The molecule has 2 aliphatic carbocycles. The molecule has 2 nitrogen and oxygen atoms in total. The molecule has 1 aromatic heterocycles. The lowest BCUT2D eigenvalue weighted by molar-refractivity contribution is 0.788. The zero-order chi connectivity index (χ0) is 25.3. The molecular formula is C35H21BrN2. The molecule has 1 heterocycles. The zero-order valence-corrected chi connectivity index (χ0v) is 22.0. The average Bonchev–Trinajstić information content (AvgIpc) is 3.45. The molecule has 0 saturated heterocycles. The fourth-order valence-electron chi connectivity index (χ4n) is 6.49. The van der Waals surface area contributed by atoms with Crippen molar-refractivity contribution in [3.05, 3.63) is 154 Å². The van der Waals surface area contributed by atoms with Crippen molar-refractivity contribution >= 4 is 15.9 Å². The highest BCUT2D eigenvalue weighted by atomic mass is 79.9. The summed E-state index contributed by atoms with van der Waals surface area (Å²) in [6.45, 7) is 0. The molecule has 0 bridgehead atoms. The Hall–Kier alpha value is -4.34. The van der Waals surface area contributed by atoms with E-state index in [1.807, 2.05) is 18.2 Å². The Morgan fingerprint density at radius 2 is 0.947 bits per heavy atom. The highest BCUT2D eigenvalue weighted by Gasteiger charge is 2.54. The molecule has 3 heteroatoms. The number of hydrogen-bond donors (Lipinski definition) is 0. The topological polar surface area (TPSA) is 25.8 Å². The van der Waals surface area contributed by atoms with Crippen LogP contribution in [-0.4, -0.2) is 9.97 Å². The van der Waals surface area contributed by atoms with Crippen molar-refractivity contribution < 1.29 is 0 Å². The minimum Gasteiger partial charge on any atom is -0.228 e. The van der Waals surface area contributed by atoms with Crippen LogP contribution in [0.25, 0.3) is 45.0 Å². The summed E-state index contributed by atoms with van der Waals surface area (Å²) in [5.41, 5.74) is 12.3. The number of hydrogen-bond acceptors (Lipinski definition) is 2. The molecule has 6 aromatic rings. The van der Waals surface area contributed by atoms with Crippen LogP contribution >= 0.6 is 15.9 Å². The molecule has 0 amide bonds. The van der Waals surface area contributed by atoms with Gasteiger partial charge in [-0.1, -0.05) is 131 Å². The van der Waals surface area contributed by atoms with Gasteiger partial charge in [-0.3, -0.25) is 0 Å². The van der Waals surface area contributed by atoms with E-state index < -0.39 is 5.41 Å². The molecule has 0 unspecified atom stereocenters. The average molecular weight is 549 g/mol. The minimum absolute atomic E-state index is 0.489. The van der Waals surface area contributed by atoms with Gasteiger partial charge in [-0.2, -0.15) is 0 Å². The molecule has 1 spiro atoms. The number of nitrogens with zero attached hydrogens (tertiary/aromatic N) is 2. The van der Waals surface area contributed by atoms with E-state index in [-0.39, 0.29) is 0 Å². The van der Waals surface area contributed by atoms with Crippen LogP contribution in [0, 0.1) is 0 Å². The fraction of sp³-hybridized carbons (Fsp3) is 0.0286. The van der Waals surface area contributed by atoms with E-state index in [1.54, 1.807) is 0 Å². The number of rotatable bonds is 2. The molecule has 0 N–H and O–H groups in total. The Bertz CT molecular complexity index is 1830. The molecule has 38 heavy (non-hydrogen) atoms. The van der Waals surface area contributed by atoms with E-state index >= 15 is 0 Å². The van der Waals surface area contributed by atoms with Gasteiger partial charge < -0.3 is 0 Å². The first-order valence-electron chi connectivity index (χ1n) is 12.8. The van der Waals surface area contributed by atoms with E-state index in [9.17, 15) is 0 Å². The third-order valence-electron chi connectivity index (χ3n) is 7.97. The van der Waals surface area contributed by atoms with Crippen molar-refractivity contribution in [2.75, 3.05) is 0 Å². The SMILES string of the molecule is Brc1ccc(-c2nc(-c3ccccc3)nc3c2C2(c4ccccc4-c4ccccc42)c2ccccc2-3)cc1. The van der Waals surface area contributed by atoms with Crippen LogP contribution in [0.15, 0.2) is 132 Å². The first-order chi connectivity index (χ1) is 18.8. The van der Waals surface area contributed by atoms with Gasteiger partial charge in [-0.25, -0.2) is 9.97 Å². The Balaban J connectivity index is 1.57. The monoisotopic (exact) mass is 548 g/mol. The summed E-state index contributed by atoms with van der Waals surface area (Å²) in [4.78, 5) is 10.6. The number of benzene rings is 5. The normalized spacial score (nSPS) is 13.6. The Morgan fingerprint density at radius 1 is 0.447 bits per heavy atom. The van der Waals surface area contributed by atoms with Crippen LogP contribution in [0.2, 0.25) is 0 Å². The van der Waals surface area contributed by atoms with Gasteiger partial charge in [0, 0.05) is 26.7 Å². The highest BCUT2D eigenvalue weighted by Crippen LogP contribution is 2.63. The van der Waals surface area contributed by atoms with Gasteiger partial charge in [0.2, 0.25) is 0 Å². The third-order valence-corrected chi connectivity index (χ3v) is 8.50. The standard InChI is InChI=1S/C35H21BrN2/c36-24-20-18-22(19-21-24)32-31-33(38-34(37-32)23-10-2-1-3-11-23)27-14-6-9-17-30(27)35(31)28-15-7-4-12-25(28)26-13-5-8-16-29(26)35/h1-21H. The fourth-order valence-corrected chi connectivity index (χ4v) is 6.75. The second-order valence-electron chi connectivity index (χ2n) is 9.88. The van der Waals surface area contributed by atoms with Crippen LogP contribution in [0.5, 0.6) is 0 Å². The molecule has 0 saturated carbocycles. The van der Waals surface area contributed by atoms with Gasteiger partial charge in [0.15, 0.2) is 5.82 Å². The number of aromatic nitrogens is 2. The lowest BCUT2D eigenvalue weighted by Crippen LogP contribution is -2.27. The van der Waals surface area contributed by atoms with Crippen molar-refractivity contribution in [3.8, 4) is 45.0 Å². The zero-order valence-electron chi connectivity index (χ0n) is 20.4. The molecule has 0 aliphatic heterocycles. The van der Waals surface area contributed by atoms with E-state index in [2.05, 4.69) is 125 Å². The summed E-state index contributed by atoms with van der Waals surface area (Å²) in [5, 5.41) is 0. The minimum atomic E-state index is -0.489. The Labute approximate surface area is 229 Å². The summed E-state index contributed by atoms with van der Waals surface area (Å²) < 4.78 is 1.05. The Morgan fingerprint density at radius 3 is 1.58 bits per heavy atom. The number of fused-ring (bicyclic) bond motifs is 10. The molecular weight excluding hydrogens is 528 g/mol. The second kappa shape index (κ2) is 8.08. The van der Waals surface area contributed by atoms with E-state index in [0.29, 0.717) is 0 Å². The van der Waals surface area contributed by atoms with Gasteiger partial charge in [0.1, 0.15) is 0 Å². The van der Waals surface area contributed by atoms with Crippen LogP contribution in [0.4, 0.5) is 0 Å². The summed E-state index contributed by atoms with van der Waals surface area (Å²) >= 11 is 3.62. The van der Waals surface area contributed by atoms with Crippen molar-refractivity contribution in [1.29, 1.82) is 0 Å². The maximum Gasteiger partial charge on any atom is 0.160 e. The van der Waals surface area contributed by atoms with Crippen molar-refractivity contribution in [1.82, 2.24) is 9.97 Å². The summed E-state index contributed by atoms with van der Waals surface area (Å²) in [6, 6.07) is 45.3. The lowest BCUT2D eigenvalue weighted by Gasteiger charge is -2.31. The molecule has 0 atom stereocenters. The molecule has 178 valence electrons. The van der Waals surface area contributed by atoms with Crippen LogP contribution in [-0.2, 0) is 5.41 Å². The maximum atomic E-state index is 5.34. The first kappa shape index (κ1) is 21.7. The van der Waals surface area contributed by atoms with Gasteiger partial charge >= 0.3 is 0 Å². The highest BCUT2D eigenvalue weighted by molar-refractivity contribution is 9.10. The van der Waals surface area contributed by atoms with Crippen LogP contribution < -0.4 is 0 Å². The van der Waals surface area contributed by atoms with Crippen LogP contribution in [0.1, 0.15) is 22.3 Å². The van der Waals surface area contributed by atoms with Crippen molar-refractivity contribution in [3.63, 3.8) is 0 Å². The number of halogens is 1. The predicted octanol–water partition coefficient (Wildman–Crippen LogP) is 8.92. The van der Waals surface area contributed by atoms with E-state index in [4.69, 9.17) is 9.97 Å². The molecule has 2 aliphatic rings. The van der Waals surface area contributed by atoms with Crippen molar-refractivity contribution in [2.45, 2.75) is 5.41 Å². The maximum absolute atomic E-state index is 5.34. The first-order valence-corrected chi connectivity index (χ1v) is 13.6. The largest absolute Gasteiger partial charge is 0.228 e. The molecule has 0 radical (unpaired) electrons. The summed E-state index contributed by atoms with van der Waals surface area (Å²) in [7, 11) is 0. The summed E-state index contributed by atoms with van der Waals surface area (Å²) in [6.07, 6.45) is 0. The molecule has 5 aromatic carbocycles. The summed E-state index contributed by atoms with van der Waals surface area (Å²) in [5.74, 6) is 0.744. The molecule has 8 rings (SSSR count). The smallest absolute Gasteiger partial charge is 0.160 e. The van der Waals surface area contributed by atoms with Gasteiger partial charge in [-0.05, 0) is 39.9 Å². The van der Waals surface area contributed by atoms with Crippen LogP contribution in [0.3, 0.4) is 0 Å². The van der Waals surface area contributed by atoms with Gasteiger partial charge in [-0.15, -0.1) is 0 Å². The van der Waals surface area contributed by atoms with Gasteiger partial charge in [0.05, 0.1) is 16.8 Å². The second-order valence-corrected chi connectivity index (χ2v) is 10.8. The van der Waals surface area contributed by atoms with E-state index in [0.717, 1.165) is 38.4 Å². The Kier molecular flexibility index (Phi) is 4.62.